The first kappa shape index (κ1) is 14.9. The average molecular weight is 309 g/mol. The zero-order chi connectivity index (χ0) is 14.9. The fourth-order valence-electron chi connectivity index (χ4n) is 3.50. The largest absolute Gasteiger partial charge is 0.497 e. The first-order valence-electron chi connectivity index (χ1n) is 7.62. The molecule has 0 radical (unpaired) electrons. The highest BCUT2D eigenvalue weighted by Crippen LogP contribution is 2.43. The summed E-state index contributed by atoms with van der Waals surface area (Å²) in [4.78, 5) is 0.658. The van der Waals surface area contributed by atoms with Crippen LogP contribution in [-0.2, 0) is 15.5 Å². The van der Waals surface area contributed by atoms with Crippen LogP contribution in [0.1, 0.15) is 38.5 Å². The van der Waals surface area contributed by atoms with E-state index in [9.17, 15) is 4.21 Å². The van der Waals surface area contributed by atoms with Gasteiger partial charge in [-0.1, -0.05) is 12.8 Å². The van der Waals surface area contributed by atoms with Crippen molar-refractivity contribution in [3.8, 4) is 5.75 Å². The predicted octanol–water partition coefficient (Wildman–Crippen LogP) is 2.88. The van der Waals surface area contributed by atoms with Crippen molar-refractivity contribution in [2.75, 3.05) is 18.6 Å². The van der Waals surface area contributed by atoms with Crippen molar-refractivity contribution in [3.63, 3.8) is 0 Å². The van der Waals surface area contributed by atoms with Gasteiger partial charge in [0.1, 0.15) is 5.75 Å². The number of methoxy groups -OCH3 is 1. The molecule has 4 nitrogen and oxygen atoms in total. The number of rotatable bonds is 4. The van der Waals surface area contributed by atoms with E-state index in [-0.39, 0.29) is 11.7 Å². The van der Waals surface area contributed by atoms with Crippen LogP contribution < -0.4 is 10.5 Å². The summed E-state index contributed by atoms with van der Waals surface area (Å²) in [6.45, 7) is 0. The third-order valence-electron chi connectivity index (χ3n) is 4.66. The Hall–Kier alpha value is -1.07. The quantitative estimate of drug-likeness (QED) is 0.869. The standard InChI is InChI=1S/C16H23NO3S/c1-19-12-4-5-14(17)15(10-12)21(18)11-13-6-9-16(20-13)7-2-3-8-16/h4-5,10,13H,2-3,6-9,11,17H2,1H3. The maximum absolute atomic E-state index is 12.6. The van der Waals surface area contributed by atoms with Crippen LogP contribution in [0, 0.1) is 0 Å². The summed E-state index contributed by atoms with van der Waals surface area (Å²) >= 11 is 0. The number of benzene rings is 1. The van der Waals surface area contributed by atoms with Crippen molar-refractivity contribution < 1.29 is 13.7 Å². The van der Waals surface area contributed by atoms with Gasteiger partial charge in [-0.15, -0.1) is 0 Å². The van der Waals surface area contributed by atoms with Gasteiger partial charge in [-0.3, -0.25) is 4.21 Å². The van der Waals surface area contributed by atoms with Gasteiger partial charge in [0.05, 0.1) is 40.3 Å². The zero-order valence-electron chi connectivity index (χ0n) is 12.5. The predicted molar refractivity (Wildman–Crippen MR) is 84.0 cm³/mol. The Kier molecular flexibility index (Phi) is 4.22. The van der Waals surface area contributed by atoms with Crippen LogP contribution in [0.15, 0.2) is 23.1 Å². The second-order valence-corrected chi connectivity index (χ2v) is 7.55. The van der Waals surface area contributed by atoms with E-state index in [2.05, 4.69) is 0 Å². The Bertz CT molecular complexity index is 540. The molecule has 3 rings (SSSR count). The van der Waals surface area contributed by atoms with Crippen LogP contribution in [0.3, 0.4) is 0 Å². The van der Waals surface area contributed by atoms with Gasteiger partial charge in [-0.05, 0) is 43.9 Å². The Labute approximate surface area is 128 Å². The van der Waals surface area contributed by atoms with Crippen LogP contribution in [0.2, 0.25) is 0 Å². The molecule has 1 heterocycles. The van der Waals surface area contributed by atoms with Gasteiger partial charge in [0.2, 0.25) is 0 Å². The molecule has 1 saturated heterocycles. The molecule has 21 heavy (non-hydrogen) atoms. The second kappa shape index (κ2) is 5.97. The van der Waals surface area contributed by atoms with Gasteiger partial charge in [0.25, 0.3) is 0 Å². The normalized spacial score (nSPS) is 25.3. The van der Waals surface area contributed by atoms with Crippen LogP contribution in [0.4, 0.5) is 5.69 Å². The molecule has 2 N–H and O–H groups in total. The summed E-state index contributed by atoms with van der Waals surface area (Å²) in [6.07, 6.45) is 7.07. The molecule has 2 aliphatic rings. The van der Waals surface area contributed by atoms with E-state index in [1.807, 2.05) is 0 Å². The summed E-state index contributed by atoms with van der Waals surface area (Å²) in [5.74, 6) is 1.21. The highest BCUT2D eigenvalue weighted by molar-refractivity contribution is 7.85. The maximum Gasteiger partial charge on any atom is 0.120 e. The number of hydrogen-bond acceptors (Lipinski definition) is 4. The van der Waals surface area contributed by atoms with Crippen LogP contribution in [-0.4, -0.2) is 28.8 Å². The summed E-state index contributed by atoms with van der Waals surface area (Å²) < 4.78 is 24.0. The first-order valence-corrected chi connectivity index (χ1v) is 8.93. The van der Waals surface area contributed by atoms with Crippen molar-refractivity contribution in [2.24, 2.45) is 0 Å². The molecule has 2 unspecified atom stereocenters. The molecule has 0 bridgehead atoms. The zero-order valence-corrected chi connectivity index (χ0v) is 13.3. The lowest BCUT2D eigenvalue weighted by Gasteiger charge is -2.23. The maximum atomic E-state index is 12.6. The molecule has 2 fully saturated rings. The van der Waals surface area contributed by atoms with E-state index in [4.69, 9.17) is 15.2 Å². The molecule has 116 valence electrons. The topological polar surface area (TPSA) is 61.5 Å². The lowest BCUT2D eigenvalue weighted by atomic mass is 9.98. The van der Waals surface area contributed by atoms with E-state index < -0.39 is 10.8 Å². The van der Waals surface area contributed by atoms with E-state index in [0.29, 0.717) is 22.1 Å². The molecule has 0 amide bonds. The van der Waals surface area contributed by atoms with Crippen LogP contribution in [0.25, 0.3) is 0 Å². The van der Waals surface area contributed by atoms with E-state index in [0.717, 1.165) is 25.7 Å². The number of ether oxygens (including phenoxy) is 2. The van der Waals surface area contributed by atoms with Crippen LogP contribution >= 0.6 is 0 Å². The molecule has 1 aromatic carbocycles. The Morgan fingerprint density at radius 1 is 1.38 bits per heavy atom. The number of nitrogen functional groups attached to an aromatic ring is 1. The van der Waals surface area contributed by atoms with Crippen LogP contribution in [0.5, 0.6) is 5.75 Å². The van der Waals surface area contributed by atoms with Crippen molar-refractivity contribution in [2.45, 2.75) is 55.1 Å². The molecule has 2 atom stereocenters. The fraction of sp³-hybridized carbons (Fsp3) is 0.625. The minimum absolute atomic E-state index is 0.0921. The van der Waals surface area contributed by atoms with Crippen molar-refractivity contribution in [1.29, 1.82) is 0 Å². The minimum atomic E-state index is -1.14. The third kappa shape index (κ3) is 3.09. The molecule has 1 aliphatic carbocycles. The van der Waals surface area contributed by atoms with E-state index >= 15 is 0 Å². The van der Waals surface area contributed by atoms with E-state index in [1.54, 1.807) is 25.3 Å². The molecular formula is C16H23NO3S. The molecule has 1 spiro atoms. The van der Waals surface area contributed by atoms with Gasteiger partial charge < -0.3 is 15.2 Å². The molecule has 1 saturated carbocycles. The fourth-order valence-corrected chi connectivity index (χ4v) is 4.83. The number of anilines is 1. The molecule has 1 aliphatic heterocycles. The van der Waals surface area contributed by atoms with Gasteiger partial charge >= 0.3 is 0 Å². The van der Waals surface area contributed by atoms with Gasteiger partial charge in [-0.2, -0.15) is 0 Å². The molecule has 0 aromatic heterocycles. The summed E-state index contributed by atoms with van der Waals surface area (Å²) in [6, 6.07) is 5.31. The van der Waals surface area contributed by atoms with Crippen molar-refractivity contribution in [1.82, 2.24) is 0 Å². The summed E-state index contributed by atoms with van der Waals surface area (Å²) in [5, 5.41) is 0. The van der Waals surface area contributed by atoms with Gasteiger partial charge in [0, 0.05) is 5.69 Å². The molecular weight excluding hydrogens is 286 g/mol. The summed E-state index contributed by atoms with van der Waals surface area (Å²) in [5.41, 5.74) is 6.60. The Balaban J connectivity index is 1.67. The highest BCUT2D eigenvalue weighted by Gasteiger charge is 2.42. The monoisotopic (exact) mass is 309 g/mol. The highest BCUT2D eigenvalue weighted by atomic mass is 32.2. The van der Waals surface area contributed by atoms with Gasteiger partial charge in [0.15, 0.2) is 0 Å². The third-order valence-corrected chi connectivity index (χ3v) is 6.18. The molecule has 1 aromatic rings. The Morgan fingerprint density at radius 2 is 2.14 bits per heavy atom. The summed E-state index contributed by atoms with van der Waals surface area (Å²) in [7, 11) is 0.456. The van der Waals surface area contributed by atoms with Gasteiger partial charge in [-0.25, -0.2) is 0 Å². The first-order chi connectivity index (χ1) is 10.1. The van der Waals surface area contributed by atoms with Crippen molar-refractivity contribution >= 4 is 16.5 Å². The number of hydrogen-bond donors (Lipinski definition) is 1. The lowest BCUT2D eigenvalue weighted by molar-refractivity contribution is -0.0270. The van der Waals surface area contributed by atoms with E-state index in [1.165, 1.54) is 12.8 Å². The minimum Gasteiger partial charge on any atom is -0.497 e. The molecule has 5 heteroatoms. The lowest BCUT2D eigenvalue weighted by Crippen LogP contribution is -2.27. The van der Waals surface area contributed by atoms with Crippen molar-refractivity contribution in [3.05, 3.63) is 18.2 Å². The SMILES string of the molecule is COc1ccc(N)c(S(=O)CC2CCC3(CCCC3)O2)c1. The average Bonchev–Trinajstić information content (AvgIpc) is 3.10. The smallest absolute Gasteiger partial charge is 0.120 e. The Morgan fingerprint density at radius 3 is 2.86 bits per heavy atom. The second-order valence-electron chi connectivity index (χ2n) is 6.08. The number of nitrogens with two attached hydrogens (primary N) is 1.